The Labute approximate surface area is 63.6 Å². The summed E-state index contributed by atoms with van der Waals surface area (Å²) in [6.07, 6.45) is 7.28. The van der Waals surface area contributed by atoms with Crippen molar-refractivity contribution < 1.29 is 0 Å². The average molecular weight is 136 g/mol. The maximum atomic E-state index is 2.40. The van der Waals surface area contributed by atoms with Crippen LogP contribution in [0, 0.1) is 5.92 Å². The first-order valence-corrected chi connectivity index (χ1v) is 4.09. The lowest BCUT2D eigenvalue weighted by molar-refractivity contribution is 0.624. The number of allylic oxidation sites excluding steroid dienone is 4. The highest BCUT2D eigenvalue weighted by molar-refractivity contribution is 5.30. The third-order valence-electron chi connectivity index (χ3n) is 2.36. The third kappa shape index (κ3) is 1.50. The minimum absolute atomic E-state index is 0.809. The smallest absolute Gasteiger partial charge is 0.0196 e. The van der Waals surface area contributed by atoms with Gasteiger partial charge in [0, 0.05) is 0 Å². The van der Waals surface area contributed by atoms with Crippen LogP contribution in [0.3, 0.4) is 0 Å². The number of rotatable bonds is 1. The molecular formula is C10H16. The Hall–Kier alpha value is -0.520. The Morgan fingerprint density at radius 2 is 2.10 bits per heavy atom. The van der Waals surface area contributed by atoms with Gasteiger partial charge >= 0.3 is 0 Å². The van der Waals surface area contributed by atoms with Crippen LogP contribution in [0.25, 0.3) is 0 Å². The van der Waals surface area contributed by atoms with Crippen molar-refractivity contribution in [1.29, 1.82) is 0 Å². The molecule has 0 nitrogen and oxygen atoms in total. The Morgan fingerprint density at radius 1 is 1.40 bits per heavy atom. The molecule has 1 aliphatic rings. The number of hydrogen-bond acceptors (Lipinski definition) is 0. The second kappa shape index (κ2) is 3.05. The van der Waals surface area contributed by atoms with Gasteiger partial charge in [0.25, 0.3) is 0 Å². The van der Waals surface area contributed by atoms with Crippen LogP contribution in [0.4, 0.5) is 0 Å². The van der Waals surface area contributed by atoms with E-state index in [9.17, 15) is 0 Å². The molecule has 1 aliphatic carbocycles. The summed E-state index contributed by atoms with van der Waals surface area (Å²) in [4.78, 5) is 0. The van der Waals surface area contributed by atoms with E-state index >= 15 is 0 Å². The van der Waals surface area contributed by atoms with E-state index in [1.807, 2.05) is 0 Å². The Balaban J connectivity index is 2.66. The average Bonchev–Trinajstić information content (AvgIpc) is 1.95. The van der Waals surface area contributed by atoms with E-state index < -0.39 is 0 Å². The molecule has 1 unspecified atom stereocenters. The Kier molecular flexibility index (Phi) is 2.31. The minimum atomic E-state index is 0.809. The van der Waals surface area contributed by atoms with Crippen molar-refractivity contribution in [1.82, 2.24) is 0 Å². The van der Waals surface area contributed by atoms with Gasteiger partial charge in [-0.1, -0.05) is 30.2 Å². The quantitative estimate of drug-likeness (QED) is 0.518. The zero-order valence-electron chi connectivity index (χ0n) is 7.15. The van der Waals surface area contributed by atoms with Gasteiger partial charge in [0.2, 0.25) is 0 Å². The predicted octanol–water partition coefficient (Wildman–Crippen LogP) is 3.31. The topological polar surface area (TPSA) is 0 Å². The second-order valence-electron chi connectivity index (χ2n) is 3.14. The molecule has 0 bridgehead atoms. The first kappa shape index (κ1) is 7.59. The van der Waals surface area contributed by atoms with Crippen LogP contribution < -0.4 is 0 Å². The predicted molar refractivity (Wildman–Crippen MR) is 45.9 cm³/mol. The molecule has 1 atom stereocenters. The molecule has 10 heavy (non-hydrogen) atoms. The molecule has 0 fully saturated rings. The minimum Gasteiger partial charge on any atom is -0.0808 e. The molecule has 0 heteroatoms. The van der Waals surface area contributed by atoms with Crippen molar-refractivity contribution in [2.24, 2.45) is 5.92 Å². The Bertz CT molecular complexity index is 172. The van der Waals surface area contributed by atoms with E-state index in [-0.39, 0.29) is 0 Å². The maximum absolute atomic E-state index is 2.40. The lowest BCUT2D eigenvalue weighted by atomic mass is 9.91. The highest BCUT2D eigenvalue weighted by atomic mass is 14.1. The van der Waals surface area contributed by atoms with Crippen molar-refractivity contribution in [2.75, 3.05) is 0 Å². The van der Waals surface area contributed by atoms with Gasteiger partial charge in [0.1, 0.15) is 0 Å². The summed E-state index contributed by atoms with van der Waals surface area (Å²) >= 11 is 0. The van der Waals surface area contributed by atoms with E-state index in [0.717, 1.165) is 5.92 Å². The molecule has 0 amide bonds. The summed E-state index contributed by atoms with van der Waals surface area (Å²) in [5.74, 6) is 0.809. The van der Waals surface area contributed by atoms with Crippen molar-refractivity contribution in [3.63, 3.8) is 0 Å². The van der Waals surface area contributed by atoms with Crippen LogP contribution in [-0.4, -0.2) is 0 Å². The van der Waals surface area contributed by atoms with Gasteiger partial charge in [-0.2, -0.15) is 0 Å². The van der Waals surface area contributed by atoms with Gasteiger partial charge in [-0.05, 0) is 32.6 Å². The standard InChI is InChI=1S/C10H16/c1-4-10-6-5-8(2)9(3)7-10/h5,7,10H,4,6H2,1-3H3. The molecule has 0 radical (unpaired) electrons. The first-order valence-electron chi connectivity index (χ1n) is 4.09. The molecule has 0 aromatic carbocycles. The maximum Gasteiger partial charge on any atom is -0.0196 e. The molecule has 0 saturated heterocycles. The molecule has 0 heterocycles. The van der Waals surface area contributed by atoms with Crippen molar-refractivity contribution in [3.8, 4) is 0 Å². The largest absolute Gasteiger partial charge is 0.0808 e. The summed E-state index contributed by atoms with van der Waals surface area (Å²) in [6, 6.07) is 0. The monoisotopic (exact) mass is 136 g/mol. The summed E-state index contributed by atoms with van der Waals surface area (Å²) in [5, 5.41) is 0. The van der Waals surface area contributed by atoms with Gasteiger partial charge < -0.3 is 0 Å². The normalized spacial score (nSPS) is 25.7. The van der Waals surface area contributed by atoms with Gasteiger partial charge in [-0.15, -0.1) is 0 Å². The molecule has 0 spiro atoms. The Morgan fingerprint density at radius 3 is 2.60 bits per heavy atom. The van der Waals surface area contributed by atoms with Crippen LogP contribution in [-0.2, 0) is 0 Å². The lowest BCUT2D eigenvalue weighted by Crippen LogP contribution is -1.99. The fourth-order valence-corrected chi connectivity index (χ4v) is 1.33. The van der Waals surface area contributed by atoms with Crippen LogP contribution in [0.15, 0.2) is 23.3 Å². The second-order valence-corrected chi connectivity index (χ2v) is 3.14. The van der Waals surface area contributed by atoms with E-state index in [4.69, 9.17) is 0 Å². The highest BCUT2D eigenvalue weighted by Gasteiger charge is 2.07. The van der Waals surface area contributed by atoms with Crippen LogP contribution in [0.1, 0.15) is 33.6 Å². The zero-order chi connectivity index (χ0) is 7.56. The van der Waals surface area contributed by atoms with Gasteiger partial charge in [-0.3, -0.25) is 0 Å². The van der Waals surface area contributed by atoms with Crippen LogP contribution in [0.2, 0.25) is 0 Å². The van der Waals surface area contributed by atoms with E-state index in [2.05, 4.69) is 32.9 Å². The molecule has 1 rings (SSSR count). The van der Waals surface area contributed by atoms with Gasteiger partial charge in [0.05, 0.1) is 0 Å². The van der Waals surface area contributed by atoms with E-state index in [1.54, 1.807) is 0 Å². The molecule has 0 aromatic rings. The number of hydrogen-bond donors (Lipinski definition) is 0. The molecular weight excluding hydrogens is 120 g/mol. The summed E-state index contributed by atoms with van der Waals surface area (Å²) in [6.45, 7) is 6.65. The lowest BCUT2D eigenvalue weighted by Gasteiger charge is -2.15. The first-order chi connectivity index (χ1) is 4.74. The molecule has 0 saturated carbocycles. The molecule has 0 aromatic heterocycles. The SMILES string of the molecule is CCC1C=C(C)C(C)=CC1. The van der Waals surface area contributed by atoms with Gasteiger partial charge in [0.15, 0.2) is 0 Å². The fraction of sp³-hybridized carbons (Fsp3) is 0.600. The summed E-state index contributed by atoms with van der Waals surface area (Å²) < 4.78 is 0. The molecule has 56 valence electrons. The summed E-state index contributed by atoms with van der Waals surface area (Å²) in [5.41, 5.74) is 2.93. The van der Waals surface area contributed by atoms with Gasteiger partial charge in [-0.25, -0.2) is 0 Å². The van der Waals surface area contributed by atoms with E-state index in [1.165, 1.54) is 24.0 Å². The summed E-state index contributed by atoms with van der Waals surface area (Å²) in [7, 11) is 0. The van der Waals surface area contributed by atoms with E-state index in [0.29, 0.717) is 0 Å². The zero-order valence-corrected chi connectivity index (χ0v) is 7.15. The fourth-order valence-electron chi connectivity index (χ4n) is 1.33. The van der Waals surface area contributed by atoms with Crippen molar-refractivity contribution >= 4 is 0 Å². The van der Waals surface area contributed by atoms with Crippen molar-refractivity contribution in [3.05, 3.63) is 23.3 Å². The third-order valence-corrected chi connectivity index (χ3v) is 2.36. The van der Waals surface area contributed by atoms with Crippen LogP contribution >= 0.6 is 0 Å². The molecule has 0 N–H and O–H groups in total. The van der Waals surface area contributed by atoms with Crippen LogP contribution in [0.5, 0.6) is 0 Å². The van der Waals surface area contributed by atoms with Crippen molar-refractivity contribution in [2.45, 2.75) is 33.6 Å². The molecule has 0 aliphatic heterocycles. The highest BCUT2D eigenvalue weighted by Crippen LogP contribution is 2.23.